The van der Waals surface area contributed by atoms with Gasteiger partial charge in [0.2, 0.25) is 0 Å². The third kappa shape index (κ3) is 4.22. The molecule has 7 nitrogen and oxygen atoms in total. The number of nitro benzene ring substituents is 1. The predicted molar refractivity (Wildman–Crippen MR) is 124 cm³/mol. The Morgan fingerprint density at radius 2 is 1.81 bits per heavy atom. The summed E-state index contributed by atoms with van der Waals surface area (Å²) in [5.74, 6) is 0.156. The maximum atomic E-state index is 13.1. The number of amides is 2. The first-order valence-corrected chi connectivity index (χ1v) is 10.9. The Labute approximate surface area is 188 Å². The van der Waals surface area contributed by atoms with Crippen molar-refractivity contribution in [3.8, 4) is 5.75 Å². The van der Waals surface area contributed by atoms with Crippen molar-refractivity contribution >= 4 is 45.4 Å². The molecule has 0 bridgehead atoms. The van der Waals surface area contributed by atoms with Crippen LogP contribution in [0.2, 0.25) is 0 Å². The highest BCUT2D eigenvalue weighted by atomic mass is 32.2. The number of carbonyl (C=O) groups excluding carboxylic acids is 2. The van der Waals surface area contributed by atoms with Crippen molar-refractivity contribution in [3.05, 3.63) is 86.8 Å². The van der Waals surface area contributed by atoms with Crippen LogP contribution in [0.1, 0.15) is 24.5 Å². The van der Waals surface area contributed by atoms with E-state index >= 15 is 0 Å². The highest BCUT2D eigenvalue weighted by molar-refractivity contribution is 8.18. The standard InChI is InChI=1S/C24H20N2O5S/c1-2-13-31-21-12-11-16-7-3-5-9-18(16)19(21)14-22-23(27)25(24(28)32-22)15-17-8-4-6-10-20(17)26(29)30/h3-12,14H,2,13,15H2,1H3/b22-14+. The molecule has 2 amide bonds. The molecular formula is C24H20N2O5S. The first kappa shape index (κ1) is 21.6. The van der Waals surface area contributed by atoms with Crippen LogP contribution in [0.15, 0.2) is 65.6 Å². The van der Waals surface area contributed by atoms with Crippen LogP contribution in [0.5, 0.6) is 5.75 Å². The van der Waals surface area contributed by atoms with E-state index in [2.05, 4.69) is 0 Å². The molecule has 3 aromatic rings. The molecule has 0 atom stereocenters. The first-order chi connectivity index (χ1) is 15.5. The number of benzene rings is 3. The van der Waals surface area contributed by atoms with Crippen LogP contribution in [-0.2, 0) is 11.3 Å². The normalized spacial score (nSPS) is 15.0. The molecule has 8 heteroatoms. The lowest BCUT2D eigenvalue weighted by atomic mass is 10.0. The molecular weight excluding hydrogens is 428 g/mol. The summed E-state index contributed by atoms with van der Waals surface area (Å²) in [6.45, 7) is 2.38. The van der Waals surface area contributed by atoms with E-state index in [1.165, 1.54) is 6.07 Å². The molecule has 32 heavy (non-hydrogen) atoms. The molecule has 0 N–H and O–H groups in total. The van der Waals surface area contributed by atoms with Gasteiger partial charge < -0.3 is 4.74 Å². The number of thioether (sulfide) groups is 1. The zero-order valence-corrected chi connectivity index (χ0v) is 18.1. The predicted octanol–water partition coefficient (Wildman–Crippen LogP) is 5.77. The van der Waals surface area contributed by atoms with Crippen LogP contribution < -0.4 is 4.74 Å². The average Bonchev–Trinajstić information content (AvgIpc) is 3.06. The first-order valence-electron chi connectivity index (χ1n) is 10.1. The fraction of sp³-hybridized carbons (Fsp3) is 0.167. The molecule has 1 heterocycles. The van der Waals surface area contributed by atoms with Crippen LogP contribution in [0.25, 0.3) is 16.8 Å². The SMILES string of the molecule is CCCOc1ccc2ccccc2c1/C=C1/SC(=O)N(Cc2ccccc2[N+](=O)[O-])C1=O. The molecule has 1 aliphatic heterocycles. The van der Waals surface area contributed by atoms with E-state index in [0.717, 1.165) is 39.4 Å². The minimum Gasteiger partial charge on any atom is -0.493 e. The maximum absolute atomic E-state index is 13.1. The largest absolute Gasteiger partial charge is 0.493 e. The maximum Gasteiger partial charge on any atom is 0.293 e. The Hall–Kier alpha value is -3.65. The number of carbonyl (C=O) groups is 2. The molecule has 1 aliphatic rings. The molecule has 0 aliphatic carbocycles. The summed E-state index contributed by atoms with van der Waals surface area (Å²) in [6, 6.07) is 17.7. The van der Waals surface area contributed by atoms with E-state index in [-0.39, 0.29) is 17.1 Å². The van der Waals surface area contributed by atoms with Gasteiger partial charge in [0.25, 0.3) is 16.8 Å². The van der Waals surface area contributed by atoms with Gasteiger partial charge in [0.1, 0.15) is 5.75 Å². The molecule has 0 aromatic heterocycles. The van der Waals surface area contributed by atoms with E-state index in [4.69, 9.17) is 4.74 Å². The minimum absolute atomic E-state index is 0.125. The molecule has 0 radical (unpaired) electrons. The van der Waals surface area contributed by atoms with Gasteiger partial charge in [-0.1, -0.05) is 55.5 Å². The Morgan fingerprint density at radius 1 is 1.06 bits per heavy atom. The summed E-state index contributed by atoms with van der Waals surface area (Å²) in [6.07, 6.45) is 2.51. The molecule has 4 rings (SSSR count). The van der Waals surface area contributed by atoms with E-state index in [1.54, 1.807) is 24.3 Å². The van der Waals surface area contributed by atoms with Crippen molar-refractivity contribution < 1.29 is 19.2 Å². The Morgan fingerprint density at radius 3 is 2.59 bits per heavy atom. The number of nitrogens with zero attached hydrogens (tertiary/aromatic N) is 2. The Bertz CT molecular complexity index is 1250. The van der Waals surface area contributed by atoms with Crippen molar-refractivity contribution in [2.24, 2.45) is 0 Å². The fourth-order valence-corrected chi connectivity index (χ4v) is 4.34. The molecule has 0 saturated carbocycles. The van der Waals surface area contributed by atoms with E-state index in [0.29, 0.717) is 17.9 Å². The van der Waals surface area contributed by atoms with Gasteiger partial charge in [-0.2, -0.15) is 0 Å². The van der Waals surface area contributed by atoms with Crippen molar-refractivity contribution in [2.75, 3.05) is 6.61 Å². The summed E-state index contributed by atoms with van der Waals surface area (Å²) in [7, 11) is 0. The van der Waals surface area contributed by atoms with Crippen LogP contribution in [0, 0.1) is 10.1 Å². The molecule has 3 aromatic carbocycles. The summed E-state index contributed by atoms with van der Waals surface area (Å²) in [5, 5.41) is 12.7. The second kappa shape index (κ2) is 9.23. The van der Waals surface area contributed by atoms with Gasteiger partial charge in [0.05, 0.1) is 23.0 Å². The second-order valence-electron chi connectivity index (χ2n) is 7.20. The van der Waals surface area contributed by atoms with E-state index in [9.17, 15) is 19.7 Å². The number of fused-ring (bicyclic) bond motifs is 1. The van der Waals surface area contributed by atoms with Gasteiger partial charge >= 0.3 is 0 Å². The van der Waals surface area contributed by atoms with Crippen molar-refractivity contribution in [1.29, 1.82) is 0 Å². The van der Waals surface area contributed by atoms with Gasteiger partial charge in [0.15, 0.2) is 0 Å². The third-order valence-electron chi connectivity index (χ3n) is 5.06. The molecule has 1 saturated heterocycles. The lowest BCUT2D eigenvalue weighted by Gasteiger charge is -2.13. The number of hydrogen-bond donors (Lipinski definition) is 0. The Balaban J connectivity index is 1.71. The van der Waals surface area contributed by atoms with Crippen molar-refractivity contribution in [1.82, 2.24) is 4.90 Å². The average molecular weight is 449 g/mol. The molecule has 1 fully saturated rings. The molecule has 0 unspecified atom stereocenters. The lowest BCUT2D eigenvalue weighted by Crippen LogP contribution is -2.27. The Kier molecular flexibility index (Phi) is 6.23. The summed E-state index contributed by atoms with van der Waals surface area (Å²) in [4.78, 5) is 37.8. The highest BCUT2D eigenvalue weighted by Gasteiger charge is 2.36. The molecule has 162 valence electrons. The van der Waals surface area contributed by atoms with Gasteiger partial charge in [0, 0.05) is 17.2 Å². The van der Waals surface area contributed by atoms with Crippen LogP contribution >= 0.6 is 11.8 Å². The van der Waals surface area contributed by atoms with Crippen LogP contribution in [-0.4, -0.2) is 27.6 Å². The smallest absolute Gasteiger partial charge is 0.293 e. The molecule has 0 spiro atoms. The highest BCUT2D eigenvalue weighted by Crippen LogP contribution is 2.38. The monoisotopic (exact) mass is 448 g/mol. The summed E-state index contributed by atoms with van der Waals surface area (Å²) in [5.41, 5.74) is 0.908. The van der Waals surface area contributed by atoms with E-state index in [1.807, 2.05) is 43.3 Å². The third-order valence-corrected chi connectivity index (χ3v) is 5.97. The summed E-state index contributed by atoms with van der Waals surface area (Å²) >= 11 is 0.824. The number of ether oxygens (including phenoxy) is 1. The van der Waals surface area contributed by atoms with Gasteiger partial charge in [-0.25, -0.2) is 0 Å². The topological polar surface area (TPSA) is 89.8 Å². The van der Waals surface area contributed by atoms with Gasteiger partial charge in [-0.05, 0) is 41.1 Å². The number of imide groups is 1. The number of rotatable bonds is 7. The van der Waals surface area contributed by atoms with Gasteiger partial charge in [-0.3, -0.25) is 24.6 Å². The lowest BCUT2D eigenvalue weighted by molar-refractivity contribution is -0.385. The zero-order valence-electron chi connectivity index (χ0n) is 17.3. The quantitative estimate of drug-likeness (QED) is 0.259. The number of para-hydroxylation sites is 1. The fourth-order valence-electron chi connectivity index (χ4n) is 3.52. The van der Waals surface area contributed by atoms with Crippen LogP contribution in [0.4, 0.5) is 10.5 Å². The van der Waals surface area contributed by atoms with Crippen LogP contribution in [0.3, 0.4) is 0 Å². The summed E-state index contributed by atoms with van der Waals surface area (Å²) < 4.78 is 5.89. The van der Waals surface area contributed by atoms with Gasteiger partial charge in [-0.15, -0.1) is 0 Å². The minimum atomic E-state index is -0.516. The number of hydrogen-bond acceptors (Lipinski definition) is 6. The number of nitro groups is 1. The van der Waals surface area contributed by atoms with Crippen molar-refractivity contribution in [3.63, 3.8) is 0 Å². The van der Waals surface area contributed by atoms with E-state index < -0.39 is 16.1 Å². The van der Waals surface area contributed by atoms with Crippen molar-refractivity contribution in [2.45, 2.75) is 19.9 Å². The second-order valence-corrected chi connectivity index (χ2v) is 8.19. The zero-order chi connectivity index (χ0) is 22.7.